The summed E-state index contributed by atoms with van der Waals surface area (Å²) in [5.74, 6) is 1.32. The van der Waals surface area contributed by atoms with Crippen molar-refractivity contribution in [2.45, 2.75) is 44.9 Å². The summed E-state index contributed by atoms with van der Waals surface area (Å²) >= 11 is -1.97. The molecule has 178 valence electrons. The van der Waals surface area contributed by atoms with Crippen molar-refractivity contribution in [2.75, 3.05) is 21.0 Å². The van der Waals surface area contributed by atoms with Gasteiger partial charge >= 0.3 is 0 Å². The van der Waals surface area contributed by atoms with Gasteiger partial charge in [-0.3, -0.25) is 0 Å². The largest absolute Gasteiger partial charge is 0.493 e. The van der Waals surface area contributed by atoms with Crippen molar-refractivity contribution < 1.29 is 23.0 Å². The van der Waals surface area contributed by atoms with E-state index in [1.807, 2.05) is 30.4 Å². The molecule has 0 heterocycles. The van der Waals surface area contributed by atoms with Crippen LogP contribution in [0.5, 0.6) is 11.5 Å². The van der Waals surface area contributed by atoms with Crippen LogP contribution in [-0.2, 0) is 22.2 Å². The summed E-state index contributed by atoms with van der Waals surface area (Å²) in [5, 5.41) is 0. The van der Waals surface area contributed by atoms with Crippen LogP contribution in [0.15, 0.2) is 64.6 Å². The maximum absolute atomic E-state index is 11.2. The molecule has 0 saturated carbocycles. The van der Waals surface area contributed by atoms with Gasteiger partial charge in [0.25, 0.3) is 0 Å². The lowest BCUT2D eigenvalue weighted by Gasteiger charge is -2.15. The second-order valence-corrected chi connectivity index (χ2v) is 8.96. The first kappa shape index (κ1) is 26.6. The molecule has 0 bridgehead atoms. The van der Waals surface area contributed by atoms with Crippen molar-refractivity contribution in [3.63, 3.8) is 0 Å². The first-order chi connectivity index (χ1) is 15.8. The molecule has 0 amide bonds. The van der Waals surface area contributed by atoms with Gasteiger partial charge in [0.05, 0.1) is 12.0 Å². The Morgan fingerprint density at radius 3 is 2.30 bits per heavy atom. The van der Waals surface area contributed by atoms with E-state index < -0.39 is 11.1 Å². The first-order valence-electron chi connectivity index (χ1n) is 10.8. The van der Waals surface area contributed by atoms with Crippen LogP contribution in [0.1, 0.15) is 50.3 Å². The molecule has 0 aliphatic rings. The Morgan fingerprint density at radius 2 is 1.70 bits per heavy atom. The third-order valence-corrected chi connectivity index (χ3v) is 5.68. The highest BCUT2D eigenvalue weighted by molar-refractivity contribution is 7.79. The molecule has 0 radical (unpaired) electrons. The Labute approximate surface area is 200 Å². The van der Waals surface area contributed by atoms with E-state index >= 15 is 0 Å². The SMILES string of the molecule is COCOc1c(C/C=C(\C)CCC=C(C)C)cc(/C=C/c2ccc(S(=O)O)cc2)cc1OC. The van der Waals surface area contributed by atoms with Gasteiger partial charge in [0.1, 0.15) is 0 Å². The molecule has 0 aliphatic carbocycles. The monoisotopic (exact) mass is 470 g/mol. The number of allylic oxidation sites excluding steroid dienone is 4. The lowest BCUT2D eigenvalue weighted by atomic mass is 10.0. The molecule has 0 spiro atoms. The number of hydrogen-bond donors (Lipinski definition) is 1. The van der Waals surface area contributed by atoms with Crippen LogP contribution in [0.25, 0.3) is 12.2 Å². The van der Waals surface area contributed by atoms with E-state index in [2.05, 4.69) is 39.0 Å². The Bertz CT molecular complexity index is 1020. The molecule has 2 aromatic rings. The van der Waals surface area contributed by atoms with E-state index in [0.717, 1.165) is 36.0 Å². The second-order valence-electron chi connectivity index (χ2n) is 7.99. The summed E-state index contributed by atoms with van der Waals surface area (Å²) in [6.07, 6.45) is 11.2. The van der Waals surface area contributed by atoms with E-state index in [0.29, 0.717) is 16.4 Å². The minimum atomic E-state index is -1.97. The van der Waals surface area contributed by atoms with Gasteiger partial charge in [-0.05, 0) is 75.4 Å². The Hall–Kier alpha value is -2.67. The maximum atomic E-state index is 11.2. The highest BCUT2D eigenvalue weighted by Crippen LogP contribution is 2.34. The third-order valence-electron chi connectivity index (χ3n) is 5.01. The molecule has 0 aromatic heterocycles. The van der Waals surface area contributed by atoms with Crippen molar-refractivity contribution >= 4 is 23.2 Å². The van der Waals surface area contributed by atoms with Gasteiger partial charge in [-0.15, -0.1) is 0 Å². The molecular formula is C27H34O5S. The predicted octanol–water partition coefficient (Wildman–Crippen LogP) is 6.66. The molecule has 1 unspecified atom stereocenters. The molecule has 2 aromatic carbocycles. The van der Waals surface area contributed by atoms with Gasteiger partial charge in [0, 0.05) is 12.7 Å². The van der Waals surface area contributed by atoms with E-state index in [4.69, 9.17) is 14.2 Å². The molecule has 0 saturated heterocycles. The zero-order valence-electron chi connectivity index (χ0n) is 20.1. The van der Waals surface area contributed by atoms with Crippen molar-refractivity contribution in [3.05, 3.63) is 76.4 Å². The zero-order chi connectivity index (χ0) is 24.2. The molecule has 1 atom stereocenters. The van der Waals surface area contributed by atoms with Crippen LogP contribution in [-0.4, -0.2) is 29.8 Å². The van der Waals surface area contributed by atoms with E-state index in [9.17, 15) is 8.76 Å². The molecular weight excluding hydrogens is 436 g/mol. The summed E-state index contributed by atoms with van der Waals surface area (Å²) in [5.41, 5.74) is 5.57. The number of benzene rings is 2. The van der Waals surface area contributed by atoms with Crippen molar-refractivity contribution in [1.29, 1.82) is 0 Å². The zero-order valence-corrected chi connectivity index (χ0v) is 20.9. The highest BCUT2D eigenvalue weighted by atomic mass is 32.2. The minimum Gasteiger partial charge on any atom is -0.493 e. The molecule has 5 nitrogen and oxygen atoms in total. The lowest BCUT2D eigenvalue weighted by Crippen LogP contribution is -2.04. The van der Waals surface area contributed by atoms with E-state index in [1.165, 1.54) is 11.1 Å². The van der Waals surface area contributed by atoms with E-state index in [1.54, 1.807) is 26.4 Å². The fraction of sp³-hybridized carbons (Fsp3) is 0.333. The Balaban J connectivity index is 2.30. The van der Waals surface area contributed by atoms with Crippen LogP contribution in [0, 0.1) is 0 Å². The van der Waals surface area contributed by atoms with Gasteiger partial charge < -0.3 is 18.8 Å². The predicted molar refractivity (Wildman–Crippen MR) is 136 cm³/mol. The Kier molecular flexibility index (Phi) is 11.1. The Morgan fingerprint density at radius 1 is 1.00 bits per heavy atom. The lowest BCUT2D eigenvalue weighted by molar-refractivity contribution is 0.0485. The molecule has 1 N–H and O–H groups in total. The summed E-state index contributed by atoms with van der Waals surface area (Å²) in [7, 11) is 3.22. The molecule has 2 rings (SSSR count). The van der Waals surface area contributed by atoms with Crippen LogP contribution < -0.4 is 9.47 Å². The smallest absolute Gasteiger partial charge is 0.188 e. The summed E-state index contributed by atoms with van der Waals surface area (Å²) in [6, 6.07) is 10.9. The molecule has 6 heteroatoms. The van der Waals surface area contributed by atoms with Gasteiger partial charge in [-0.1, -0.05) is 47.6 Å². The number of rotatable bonds is 12. The summed E-state index contributed by atoms with van der Waals surface area (Å²) in [4.78, 5) is 0.377. The van der Waals surface area contributed by atoms with Gasteiger partial charge in [-0.25, -0.2) is 4.21 Å². The van der Waals surface area contributed by atoms with E-state index in [-0.39, 0.29) is 6.79 Å². The fourth-order valence-electron chi connectivity index (χ4n) is 3.23. The molecule has 33 heavy (non-hydrogen) atoms. The minimum absolute atomic E-state index is 0.139. The molecule has 0 fully saturated rings. The second kappa shape index (κ2) is 13.8. The quantitative estimate of drug-likeness (QED) is 0.163. The van der Waals surface area contributed by atoms with Crippen molar-refractivity contribution in [1.82, 2.24) is 0 Å². The maximum Gasteiger partial charge on any atom is 0.188 e. The highest BCUT2D eigenvalue weighted by Gasteiger charge is 2.12. The summed E-state index contributed by atoms with van der Waals surface area (Å²) < 4.78 is 36.9. The standard InChI is InChI=1S/C27H34O5S/c1-20(2)7-6-8-21(3)9-14-24-17-23(18-26(31-5)27(24)32-19-30-4)11-10-22-12-15-25(16-13-22)33(28)29/h7,9-13,15-18H,6,8,14,19H2,1-5H3,(H,28,29)/b11-10+,21-9+. The third kappa shape index (κ3) is 9.00. The first-order valence-corrected chi connectivity index (χ1v) is 11.9. The normalized spacial score (nSPS) is 12.6. The van der Waals surface area contributed by atoms with Crippen molar-refractivity contribution in [3.8, 4) is 11.5 Å². The van der Waals surface area contributed by atoms with Gasteiger partial charge in [0.15, 0.2) is 29.4 Å². The number of methoxy groups -OCH3 is 2. The summed E-state index contributed by atoms with van der Waals surface area (Å²) in [6.45, 7) is 6.52. The molecule has 0 aliphatic heterocycles. The van der Waals surface area contributed by atoms with Crippen molar-refractivity contribution in [2.24, 2.45) is 0 Å². The van der Waals surface area contributed by atoms with Gasteiger partial charge in [0.2, 0.25) is 0 Å². The van der Waals surface area contributed by atoms with Crippen LogP contribution in [0.3, 0.4) is 0 Å². The van der Waals surface area contributed by atoms with Crippen LogP contribution in [0.2, 0.25) is 0 Å². The topological polar surface area (TPSA) is 65.0 Å². The fourth-order valence-corrected chi connectivity index (χ4v) is 3.60. The number of ether oxygens (including phenoxy) is 3. The van der Waals surface area contributed by atoms with Crippen LogP contribution in [0.4, 0.5) is 0 Å². The average Bonchev–Trinajstić information content (AvgIpc) is 2.80. The van der Waals surface area contributed by atoms with Crippen LogP contribution >= 0.6 is 0 Å². The number of hydrogen-bond acceptors (Lipinski definition) is 4. The average molecular weight is 471 g/mol. The van der Waals surface area contributed by atoms with Gasteiger partial charge in [-0.2, -0.15) is 0 Å².